The highest BCUT2D eigenvalue weighted by molar-refractivity contribution is 6.36. The molecule has 1 aliphatic heterocycles. The van der Waals surface area contributed by atoms with Crippen LogP contribution >= 0.6 is 23.2 Å². The Labute approximate surface area is 138 Å². The lowest BCUT2D eigenvalue weighted by Crippen LogP contribution is -2.32. The van der Waals surface area contributed by atoms with Crippen LogP contribution in [-0.2, 0) is 4.79 Å². The molecule has 1 heterocycles. The molecule has 2 nitrogen and oxygen atoms in total. The molecular formula is C18H13Cl2NO. The van der Waals surface area contributed by atoms with Gasteiger partial charge in [0.15, 0.2) is 0 Å². The number of hydrogen-bond acceptors (Lipinski definition) is 1. The SMILES string of the molecule is O=C1CCC2=C(c3ccc(Cl)cc3Cl)c3ccccc3C2N1. The zero-order chi connectivity index (χ0) is 15.3. The van der Waals surface area contributed by atoms with Crippen LogP contribution in [-0.4, -0.2) is 5.91 Å². The highest BCUT2D eigenvalue weighted by Gasteiger charge is 2.35. The van der Waals surface area contributed by atoms with Gasteiger partial charge in [0.2, 0.25) is 5.91 Å². The van der Waals surface area contributed by atoms with Gasteiger partial charge in [-0.15, -0.1) is 0 Å². The Morgan fingerprint density at radius 2 is 1.82 bits per heavy atom. The molecule has 2 aromatic carbocycles. The van der Waals surface area contributed by atoms with E-state index in [9.17, 15) is 4.79 Å². The summed E-state index contributed by atoms with van der Waals surface area (Å²) < 4.78 is 0. The molecule has 0 aromatic heterocycles. The molecule has 1 N–H and O–H groups in total. The topological polar surface area (TPSA) is 29.1 Å². The fraction of sp³-hybridized carbons (Fsp3) is 0.167. The number of fused-ring (bicyclic) bond motifs is 3. The van der Waals surface area contributed by atoms with E-state index >= 15 is 0 Å². The van der Waals surface area contributed by atoms with Crippen molar-refractivity contribution in [3.05, 3.63) is 74.8 Å². The fourth-order valence-electron chi connectivity index (χ4n) is 3.41. The summed E-state index contributed by atoms with van der Waals surface area (Å²) in [5.74, 6) is 0.104. The van der Waals surface area contributed by atoms with Crippen molar-refractivity contribution >= 4 is 34.7 Å². The van der Waals surface area contributed by atoms with Crippen molar-refractivity contribution in [2.24, 2.45) is 0 Å². The number of benzene rings is 2. The van der Waals surface area contributed by atoms with E-state index < -0.39 is 0 Å². The Balaban J connectivity index is 1.96. The van der Waals surface area contributed by atoms with Crippen LogP contribution in [0.5, 0.6) is 0 Å². The van der Waals surface area contributed by atoms with Gasteiger partial charge in [0, 0.05) is 22.0 Å². The van der Waals surface area contributed by atoms with E-state index in [0.29, 0.717) is 16.5 Å². The Kier molecular flexibility index (Phi) is 3.24. The van der Waals surface area contributed by atoms with Crippen molar-refractivity contribution in [1.82, 2.24) is 5.32 Å². The molecule has 1 unspecified atom stereocenters. The van der Waals surface area contributed by atoms with Gasteiger partial charge in [0.25, 0.3) is 0 Å². The fourth-order valence-corrected chi connectivity index (χ4v) is 3.91. The van der Waals surface area contributed by atoms with Crippen molar-refractivity contribution in [3.63, 3.8) is 0 Å². The summed E-state index contributed by atoms with van der Waals surface area (Å²) in [5, 5.41) is 4.36. The van der Waals surface area contributed by atoms with Gasteiger partial charge in [-0.05, 0) is 40.8 Å². The summed E-state index contributed by atoms with van der Waals surface area (Å²) in [6, 6.07) is 13.7. The van der Waals surface area contributed by atoms with Gasteiger partial charge >= 0.3 is 0 Å². The van der Waals surface area contributed by atoms with Crippen molar-refractivity contribution < 1.29 is 4.79 Å². The standard InChI is InChI=1S/C18H13Cl2NO/c19-10-5-6-13(15(20)9-10)17-11-3-1-2-4-12(11)18-14(17)7-8-16(22)21-18/h1-6,9,18H,7-8H2,(H,21,22). The highest BCUT2D eigenvalue weighted by Crippen LogP contribution is 2.48. The third-order valence-corrected chi connectivity index (χ3v) is 4.89. The Morgan fingerprint density at radius 1 is 1.00 bits per heavy atom. The molecule has 0 bridgehead atoms. The predicted octanol–water partition coefficient (Wildman–Crippen LogP) is 4.76. The molecule has 1 amide bonds. The molecule has 4 rings (SSSR count). The molecule has 0 radical (unpaired) electrons. The summed E-state index contributed by atoms with van der Waals surface area (Å²) >= 11 is 12.5. The largest absolute Gasteiger partial charge is 0.345 e. The average Bonchev–Trinajstić information content (AvgIpc) is 2.82. The predicted molar refractivity (Wildman–Crippen MR) is 89.0 cm³/mol. The molecule has 0 saturated carbocycles. The van der Waals surface area contributed by atoms with Crippen LogP contribution < -0.4 is 5.32 Å². The molecule has 1 aliphatic carbocycles. The van der Waals surface area contributed by atoms with Crippen molar-refractivity contribution in [2.45, 2.75) is 18.9 Å². The third kappa shape index (κ3) is 2.06. The Morgan fingerprint density at radius 3 is 2.64 bits per heavy atom. The minimum Gasteiger partial charge on any atom is -0.345 e. The van der Waals surface area contributed by atoms with E-state index in [2.05, 4.69) is 17.4 Å². The number of amides is 1. The molecule has 110 valence electrons. The summed E-state index contributed by atoms with van der Waals surface area (Å²) in [6.07, 6.45) is 1.29. The van der Waals surface area contributed by atoms with Crippen LogP contribution in [0.3, 0.4) is 0 Å². The minimum atomic E-state index is -0.0285. The van der Waals surface area contributed by atoms with E-state index in [4.69, 9.17) is 23.2 Å². The summed E-state index contributed by atoms with van der Waals surface area (Å²) in [4.78, 5) is 11.8. The van der Waals surface area contributed by atoms with Gasteiger partial charge in [0.05, 0.1) is 6.04 Å². The van der Waals surface area contributed by atoms with Gasteiger partial charge in [-0.25, -0.2) is 0 Å². The zero-order valence-electron chi connectivity index (χ0n) is 11.7. The van der Waals surface area contributed by atoms with Gasteiger partial charge in [-0.3, -0.25) is 4.79 Å². The normalized spacial score (nSPS) is 19.7. The zero-order valence-corrected chi connectivity index (χ0v) is 13.2. The first-order chi connectivity index (χ1) is 10.6. The Bertz CT molecular complexity index is 826. The monoisotopic (exact) mass is 329 g/mol. The molecule has 1 atom stereocenters. The second-order valence-corrected chi connectivity index (χ2v) is 6.46. The van der Waals surface area contributed by atoms with Gasteiger partial charge in [0.1, 0.15) is 0 Å². The van der Waals surface area contributed by atoms with Crippen LogP contribution in [0, 0.1) is 0 Å². The van der Waals surface area contributed by atoms with Crippen molar-refractivity contribution in [2.75, 3.05) is 0 Å². The maximum absolute atomic E-state index is 11.8. The summed E-state index contributed by atoms with van der Waals surface area (Å²) in [7, 11) is 0. The van der Waals surface area contributed by atoms with Crippen LogP contribution in [0.4, 0.5) is 0 Å². The maximum Gasteiger partial charge on any atom is 0.221 e. The second-order valence-electron chi connectivity index (χ2n) is 5.61. The number of carbonyl (C=O) groups is 1. The minimum absolute atomic E-state index is 0.0285. The number of halogens is 2. The first-order valence-corrected chi connectivity index (χ1v) is 7.98. The van der Waals surface area contributed by atoms with E-state index in [1.54, 1.807) is 6.07 Å². The van der Waals surface area contributed by atoms with Crippen LogP contribution in [0.25, 0.3) is 5.57 Å². The van der Waals surface area contributed by atoms with Crippen LogP contribution in [0.1, 0.15) is 35.6 Å². The molecule has 0 spiro atoms. The first kappa shape index (κ1) is 13.9. The molecular weight excluding hydrogens is 317 g/mol. The molecule has 2 aromatic rings. The number of hydrogen-bond donors (Lipinski definition) is 1. The smallest absolute Gasteiger partial charge is 0.221 e. The maximum atomic E-state index is 11.8. The lowest BCUT2D eigenvalue weighted by Gasteiger charge is -2.24. The number of piperidine rings is 1. The Hall–Kier alpha value is -1.77. The van der Waals surface area contributed by atoms with Gasteiger partial charge < -0.3 is 5.32 Å². The van der Waals surface area contributed by atoms with Crippen molar-refractivity contribution in [1.29, 1.82) is 0 Å². The average molecular weight is 330 g/mol. The van der Waals surface area contributed by atoms with E-state index in [1.807, 2.05) is 24.3 Å². The molecule has 22 heavy (non-hydrogen) atoms. The quantitative estimate of drug-likeness (QED) is 0.802. The first-order valence-electron chi connectivity index (χ1n) is 7.22. The highest BCUT2D eigenvalue weighted by atomic mass is 35.5. The number of nitrogens with one attached hydrogen (secondary N) is 1. The van der Waals surface area contributed by atoms with E-state index in [-0.39, 0.29) is 11.9 Å². The third-order valence-electron chi connectivity index (χ3n) is 4.34. The molecule has 2 aliphatic rings. The van der Waals surface area contributed by atoms with Gasteiger partial charge in [-0.2, -0.15) is 0 Å². The van der Waals surface area contributed by atoms with Crippen LogP contribution in [0.2, 0.25) is 10.0 Å². The number of rotatable bonds is 1. The summed E-state index contributed by atoms with van der Waals surface area (Å²) in [6.45, 7) is 0. The lowest BCUT2D eigenvalue weighted by atomic mass is 9.93. The lowest BCUT2D eigenvalue weighted by molar-refractivity contribution is -0.122. The van der Waals surface area contributed by atoms with Crippen molar-refractivity contribution in [3.8, 4) is 0 Å². The van der Waals surface area contributed by atoms with E-state index in [0.717, 1.165) is 28.7 Å². The molecule has 4 heteroatoms. The van der Waals surface area contributed by atoms with E-state index in [1.165, 1.54) is 5.57 Å². The van der Waals surface area contributed by atoms with Gasteiger partial charge in [-0.1, -0.05) is 53.5 Å². The molecule has 1 fully saturated rings. The molecule has 1 saturated heterocycles. The number of carbonyl (C=O) groups excluding carboxylic acids is 1. The summed E-state index contributed by atoms with van der Waals surface area (Å²) in [5.41, 5.74) is 5.65. The second kappa shape index (κ2) is 5.15. The van der Waals surface area contributed by atoms with Crippen LogP contribution in [0.15, 0.2) is 48.0 Å².